The summed E-state index contributed by atoms with van der Waals surface area (Å²) in [5.41, 5.74) is 2.26. The molecule has 0 unspecified atom stereocenters. The summed E-state index contributed by atoms with van der Waals surface area (Å²) in [6, 6.07) is 6.23. The highest BCUT2D eigenvalue weighted by atomic mass is 19.1. The van der Waals surface area contributed by atoms with Crippen molar-refractivity contribution < 1.29 is 13.9 Å². The molecule has 0 saturated carbocycles. The predicted molar refractivity (Wildman–Crippen MR) is 88.4 cm³/mol. The minimum Gasteiger partial charge on any atom is -0.490 e. The topological polar surface area (TPSA) is 58.2 Å². The average Bonchev–Trinajstić information content (AvgIpc) is 3.03. The fourth-order valence-electron chi connectivity index (χ4n) is 3.18. The number of amides is 1. The van der Waals surface area contributed by atoms with Gasteiger partial charge in [0.25, 0.3) is 0 Å². The van der Waals surface area contributed by atoms with Gasteiger partial charge in [-0.25, -0.2) is 4.39 Å². The van der Waals surface area contributed by atoms with E-state index in [0.29, 0.717) is 12.5 Å². The molecule has 1 aromatic carbocycles. The van der Waals surface area contributed by atoms with Crippen molar-refractivity contribution in [1.82, 2.24) is 15.1 Å². The number of piperidine rings is 1. The standard InChI is InChI=1S/C18H22FN3O2/c1-13-11-20-21-18(13)14-5-4-9-22(12-14)17(23)8-10-24-16-7-3-2-6-15(16)19/h2-3,6-7,11,14H,4-5,8-10,12H2,1H3,(H,20,21)/t14-/m0/s1. The first-order valence-electron chi connectivity index (χ1n) is 8.30. The Hall–Kier alpha value is -2.37. The number of nitrogens with one attached hydrogen (secondary N) is 1. The quantitative estimate of drug-likeness (QED) is 0.916. The third-order valence-corrected chi connectivity index (χ3v) is 4.46. The van der Waals surface area contributed by atoms with E-state index in [0.717, 1.165) is 30.6 Å². The van der Waals surface area contributed by atoms with Gasteiger partial charge in [0.15, 0.2) is 11.6 Å². The number of carbonyl (C=O) groups excluding carboxylic acids is 1. The third-order valence-electron chi connectivity index (χ3n) is 4.46. The Morgan fingerprint density at radius 1 is 1.46 bits per heavy atom. The van der Waals surface area contributed by atoms with Crippen LogP contribution in [-0.2, 0) is 4.79 Å². The molecule has 2 heterocycles. The number of aromatic nitrogens is 2. The van der Waals surface area contributed by atoms with Crippen LogP contribution in [0.15, 0.2) is 30.5 Å². The van der Waals surface area contributed by atoms with Crippen LogP contribution in [0.25, 0.3) is 0 Å². The number of ether oxygens (including phenoxy) is 1. The van der Waals surface area contributed by atoms with Crippen LogP contribution in [0, 0.1) is 12.7 Å². The number of benzene rings is 1. The Labute approximate surface area is 140 Å². The molecule has 1 N–H and O–H groups in total. The normalized spacial score (nSPS) is 17.8. The number of H-pyrrole nitrogens is 1. The number of aryl methyl sites for hydroxylation is 1. The smallest absolute Gasteiger partial charge is 0.226 e. The SMILES string of the molecule is Cc1cn[nH]c1[C@H]1CCCN(C(=O)CCOc2ccccc2F)C1. The lowest BCUT2D eigenvalue weighted by Gasteiger charge is -2.32. The first-order valence-corrected chi connectivity index (χ1v) is 8.30. The fraction of sp³-hybridized carbons (Fsp3) is 0.444. The van der Waals surface area contributed by atoms with Crippen molar-refractivity contribution in [3.05, 3.63) is 47.5 Å². The van der Waals surface area contributed by atoms with E-state index in [9.17, 15) is 9.18 Å². The lowest BCUT2D eigenvalue weighted by atomic mass is 9.93. The van der Waals surface area contributed by atoms with Crippen molar-refractivity contribution in [1.29, 1.82) is 0 Å². The first kappa shape index (κ1) is 16.5. The van der Waals surface area contributed by atoms with E-state index < -0.39 is 5.82 Å². The maximum absolute atomic E-state index is 13.5. The second-order valence-corrected chi connectivity index (χ2v) is 6.17. The molecule has 24 heavy (non-hydrogen) atoms. The van der Waals surface area contributed by atoms with Crippen LogP contribution >= 0.6 is 0 Å². The molecule has 0 bridgehead atoms. The number of hydrogen-bond donors (Lipinski definition) is 1. The molecule has 2 aromatic rings. The molecule has 0 radical (unpaired) electrons. The number of carbonyl (C=O) groups is 1. The molecule has 6 heteroatoms. The van der Waals surface area contributed by atoms with Gasteiger partial charge in [0.2, 0.25) is 5.91 Å². The van der Waals surface area contributed by atoms with Gasteiger partial charge in [-0.05, 0) is 37.5 Å². The molecule has 5 nitrogen and oxygen atoms in total. The molecule has 1 saturated heterocycles. The molecule has 0 aliphatic carbocycles. The molecule has 0 spiro atoms. The van der Waals surface area contributed by atoms with Gasteiger partial charge in [-0.3, -0.25) is 9.89 Å². The van der Waals surface area contributed by atoms with Crippen LogP contribution in [0.1, 0.15) is 36.4 Å². The second-order valence-electron chi connectivity index (χ2n) is 6.17. The minimum atomic E-state index is -0.405. The van der Waals surface area contributed by atoms with E-state index in [1.54, 1.807) is 18.2 Å². The zero-order valence-corrected chi connectivity index (χ0v) is 13.8. The molecular formula is C18H22FN3O2. The Morgan fingerprint density at radius 3 is 3.04 bits per heavy atom. The molecule has 1 atom stereocenters. The summed E-state index contributed by atoms with van der Waals surface area (Å²) in [6.45, 7) is 3.68. The van der Waals surface area contributed by atoms with Crippen molar-refractivity contribution in [2.75, 3.05) is 19.7 Å². The van der Waals surface area contributed by atoms with Crippen LogP contribution in [0.3, 0.4) is 0 Å². The summed E-state index contributed by atoms with van der Waals surface area (Å²) in [7, 11) is 0. The minimum absolute atomic E-state index is 0.0493. The summed E-state index contributed by atoms with van der Waals surface area (Å²) in [4.78, 5) is 14.3. The van der Waals surface area contributed by atoms with Gasteiger partial charge in [0.05, 0.1) is 19.2 Å². The third kappa shape index (κ3) is 3.75. The molecule has 1 aliphatic heterocycles. The van der Waals surface area contributed by atoms with Gasteiger partial charge in [0, 0.05) is 24.7 Å². The second kappa shape index (κ2) is 7.47. The Bertz CT molecular complexity index is 701. The molecule has 1 amide bonds. The summed E-state index contributed by atoms with van der Waals surface area (Å²) in [6.07, 6.45) is 4.10. The van der Waals surface area contributed by atoms with Crippen molar-refractivity contribution in [2.45, 2.75) is 32.1 Å². The van der Waals surface area contributed by atoms with Gasteiger partial charge in [0.1, 0.15) is 0 Å². The number of nitrogens with zero attached hydrogens (tertiary/aromatic N) is 2. The average molecular weight is 331 g/mol. The van der Waals surface area contributed by atoms with Crippen LogP contribution in [-0.4, -0.2) is 40.7 Å². The van der Waals surface area contributed by atoms with E-state index >= 15 is 0 Å². The number of hydrogen-bond acceptors (Lipinski definition) is 3. The molecular weight excluding hydrogens is 309 g/mol. The number of aromatic amines is 1. The lowest BCUT2D eigenvalue weighted by molar-refractivity contribution is -0.133. The molecule has 3 rings (SSSR count). The Balaban J connectivity index is 1.51. The van der Waals surface area contributed by atoms with Crippen molar-refractivity contribution in [2.24, 2.45) is 0 Å². The highest BCUT2D eigenvalue weighted by Gasteiger charge is 2.26. The predicted octanol–water partition coefficient (Wildman–Crippen LogP) is 3.03. The van der Waals surface area contributed by atoms with Crippen LogP contribution in [0.4, 0.5) is 4.39 Å². The molecule has 128 valence electrons. The summed E-state index contributed by atoms with van der Waals surface area (Å²) in [5.74, 6) is 0.138. The van der Waals surface area contributed by atoms with Crippen molar-refractivity contribution in [3.63, 3.8) is 0 Å². The van der Waals surface area contributed by atoms with Crippen molar-refractivity contribution >= 4 is 5.91 Å². The van der Waals surface area contributed by atoms with E-state index in [4.69, 9.17) is 4.74 Å². The summed E-state index contributed by atoms with van der Waals surface area (Å²) >= 11 is 0. The van der Waals surface area contributed by atoms with Crippen LogP contribution in [0.5, 0.6) is 5.75 Å². The first-order chi connectivity index (χ1) is 11.6. The number of halogens is 1. The van der Waals surface area contributed by atoms with Crippen LogP contribution in [0.2, 0.25) is 0 Å². The zero-order valence-electron chi connectivity index (χ0n) is 13.8. The highest BCUT2D eigenvalue weighted by molar-refractivity contribution is 5.76. The number of para-hydroxylation sites is 1. The van der Waals surface area contributed by atoms with E-state index in [-0.39, 0.29) is 24.7 Å². The molecule has 1 fully saturated rings. The van der Waals surface area contributed by atoms with Gasteiger partial charge in [-0.15, -0.1) is 0 Å². The molecule has 1 aromatic heterocycles. The Kier molecular flexibility index (Phi) is 5.13. The van der Waals surface area contributed by atoms with Gasteiger partial charge in [-0.2, -0.15) is 5.10 Å². The summed E-state index contributed by atoms with van der Waals surface area (Å²) in [5, 5.41) is 7.13. The summed E-state index contributed by atoms with van der Waals surface area (Å²) < 4.78 is 18.9. The van der Waals surface area contributed by atoms with Gasteiger partial charge < -0.3 is 9.64 Å². The van der Waals surface area contributed by atoms with Crippen molar-refractivity contribution in [3.8, 4) is 5.75 Å². The number of rotatable bonds is 5. The van der Waals surface area contributed by atoms with Gasteiger partial charge in [-0.1, -0.05) is 12.1 Å². The Morgan fingerprint density at radius 2 is 2.29 bits per heavy atom. The van der Waals surface area contributed by atoms with E-state index in [1.165, 1.54) is 6.07 Å². The largest absolute Gasteiger partial charge is 0.490 e. The fourth-order valence-corrected chi connectivity index (χ4v) is 3.18. The number of likely N-dealkylation sites (tertiary alicyclic amines) is 1. The highest BCUT2D eigenvalue weighted by Crippen LogP contribution is 2.27. The van der Waals surface area contributed by atoms with Gasteiger partial charge >= 0.3 is 0 Å². The van der Waals surface area contributed by atoms with Crippen LogP contribution < -0.4 is 4.74 Å². The lowest BCUT2D eigenvalue weighted by Crippen LogP contribution is -2.39. The maximum atomic E-state index is 13.5. The monoisotopic (exact) mass is 331 g/mol. The van der Waals surface area contributed by atoms with E-state index in [2.05, 4.69) is 10.2 Å². The molecule has 1 aliphatic rings. The maximum Gasteiger partial charge on any atom is 0.226 e. The zero-order chi connectivity index (χ0) is 16.9. The van der Waals surface area contributed by atoms with E-state index in [1.807, 2.05) is 18.0 Å².